The van der Waals surface area contributed by atoms with Gasteiger partial charge in [0.15, 0.2) is 0 Å². The molecule has 0 saturated heterocycles. The van der Waals surface area contributed by atoms with Gasteiger partial charge in [-0.25, -0.2) is 4.39 Å². The van der Waals surface area contributed by atoms with Gasteiger partial charge in [0.2, 0.25) is 0 Å². The fourth-order valence-electron chi connectivity index (χ4n) is 3.90. The van der Waals surface area contributed by atoms with Gasteiger partial charge < -0.3 is 0 Å². The van der Waals surface area contributed by atoms with Crippen LogP contribution in [0.15, 0.2) is 72.3 Å². The lowest BCUT2D eigenvalue weighted by atomic mass is 9.66. The molecular weight excluding hydrogens is 307 g/mol. The van der Waals surface area contributed by atoms with E-state index in [-0.39, 0.29) is 11.2 Å². The van der Waals surface area contributed by atoms with Crippen molar-refractivity contribution in [3.63, 3.8) is 0 Å². The van der Waals surface area contributed by atoms with Gasteiger partial charge in [0.05, 0.1) is 0 Å². The zero-order valence-electron chi connectivity index (χ0n) is 15.3. The average Bonchev–Trinajstić information content (AvgIpc) is 2.64. The van der Waals surface area contributed by atoms with E-state index in [9.17, 15) is 4.39 Å². The molecule has 0 heterocycles. The number of halogens is 1. The molecule has 1 unspecified atom stereocenters. The predicted octanol–water partition coefficient (Wildman–Crippen LogP) is 7.08. The number of rotatable bonds is 6. The summed E-state index contributed by atoms with van der Waals surface area (Å²) in [6, 6.07) is 17.7. The van der Waals surface area contributed by atoms with Crippen LogP contribution in [-0.4, -0.2) is 0 Å². The molecule has 0 aromatic heterocycles. The number of hydrogen-bond donors (Lipinski definition) is 0. The van der Waals surface area contributed by atoms with E-state index in [1.807, 2.05) is 18.2 Å². The monoisotopic (exact) mass is 334 g/mol. The van der Waals surface area contributed by atoms with Gasteiger partial charge in [-0.15, -0.1) is 0 Å². The van der Waals surface area contributed by atoms with Crippen molar-refractivity contribution in [1.29, 1.82) is 0 Å². The summed E-state index contributed by atoms with van der Waals surface area (Å²) in [5.74, 6) is -0.140. The van der Waals surface area contributed by atoms with Crippen LogP contribution >= 0.6 is 0 Å². The lowest BCUT2D eigenvalue weighted by Crippen LogP contribution is -2.27. The SMILES string of the molecule is CCCCCC1=CC=C(c2ccccc2F)C(C)(c2ccccc2)C1. The molecule has 0 saturated carbocycles. The first-order valence-corrected chi connectivity index (χ1v) is 9.36. The maximum Gasteiger partial charge on any atom is 0.130 e. The van der Waals surface area contributed by atoms with E-state index in [0.29, 0.717) is 0 Å². The third-order valence-electron chi connectivity index (χ3n) is 5.34. The summed E-state index contributed by atoms with van der Waals surface area (Å²) in [5, 5.41) is 0. The van der Waals surface area contributed by atoms with E-state index in [1.165, 1.54) is 30.4 Å². The Kier molecular flexibility index (Phi) is 5.53. The fraction of sp³-hybridized carbons (Fsp3) is 0.333. The minimum Gasteiger partial charge on any atom is -0.206 e. The van der Waals surface area contributed by atoms with Gasteiger partial charge in [-0.3, -0.25) is 0 Å². The third kappa shape index (κ3) is 3.76. The molecule has 2 aromatic rings. The number of unbranched alkanes of at least 4 members (excludes halogenated alkanes) is 2. The summed E-state index contributed by atoms with van der Waals surface area (Å²) in [4.78, 5) is 0. The minimum atomic E-state index is -0.195. The molecule has 1 heteroatoms. The molecule has 0 bridgehead atoms. The van der Waals surface area contributed by atoms with Crippen LogP contribution < -0.4 is 0 Å². The van der Waals surface area contributed by atoms with Gasteiger partial charge in [-0.2, -0.15) is 0 Å². The standard InChI is InChI=1S/C24H27F/c1-3-4-6-11-19-16-17-22(21-14-9-10-15-23(21)25)24(2,18-19)20-12-7-5-8-13-20/h5,7-10,12-17H,3-4,6,11,18H2,1-2H3. The summed E-state index contributed by atoms with van der Waals surface area (Å²) in [7, 11) is 0. The summed E-state index contributed by atoms with van der Waals surface area (Å²) >= 11 is 0. The molecule has 2 aromatic carbocycles. The Hall–Kier alpha value is -2.15. The molecule has 1 atom stereocenters. The van der Waals surface area contributed by atoms with Gasteiger partial charge in [0, 0.05) is 11.0 Å². The first-order valence-electron chi connectivity index (χ1n) is 9.36. The van der Waals surface area contributed by atoms with E-state index in [4.69, 9.17) is 0 Å². The molecule has 130 valence electrons. The Balaban J connectivity index is 2.03. The molecule has 0 amide bonds. The molecule has 1 aliphatic rings. The maximum atomic E-state index is 14.5. The Bertz CT molecular complexity index is 770. The molecule has 0 aliphatic heterocycles. The van der Waals surface area contributed by atoms with Crippen molar-refractivity contribution in [3.05, 3.63) is 89.3 Å². The van der Waals surface area contributed by atoms with Crippen LogP contribution in [-0.2, 0) is 5.41 Å². The van der Waals surface area contributed by atoms with Gasteiger partial charge in [-0.1, -0.05) is 92.9 Å². The molecule has 0 N–H and O–H groups in total. The number of benzene rings is 2. The predicted molar refractivity (Wildman–Crippen MR) is 105 cm³/mol. The Labute approximate surface area is 151 Å². The van der Waals surface area contributed by atoms with Gasteiger partial charge in [0.1, 0.15) is 5.82 Å². The molecule has 1 aliphatic carbocycles. The van der Waals surface area contributed by atoms with E-state index in [2.05, 4.69) is 50.3 Å². The molecule has 0 spiro atoms. The third-order valence-corrected chi connectivity index (χ3v) is 5.34. The zero-order valence-corrected chi connectivity index (χ0v) is 15.3. The van der Waals surface area contributed by atoms with Crippen molar-refractivity contribution in [2.45, 2.75) is 51.4 Å². The molecule has 3 rings (SSSR count). The van der Waals surface area contributed by atoms with Crippen LogP contribution in [0.1, 0.15) is 57.1 Å². The van der Waals surface area contributed by atoms with Crippen LogP contribution in [0.4, 0.5) is 4.39 Å². The van der Waals surface area contributed by atoms with Crippen molar-refractivity contribution in [1.82, 2.24) is 0 Å². The topological polar surface area (TPSA) is 0 Å². The molecule has 0 nitrogen and oxygen atoms in total. The Morgan fingerprint density at radius 1 is 0.920 bits per heavy atom. The Morgan fingerprint density at radius 3 is 2.36 bits per heavy atom. The van der Waals surface area contributed by atoms with Gasteiger partial charge in [0.25, 0.3) is 0 Å². The number of allylic oxidation sites excluding steroid dienone is 4. The summed E-state index contributed by atoms with van der Waals surface area (Å²) in [6.07, 6.45) is 10.2. The van der Waals surface area contributed by atoms with Crippen LogP contribution in [0.5, 0.6) is 0 Å². The van der Waals surface area contributed by atoms with Crippen molar-refractivity contribution in [3.8, 4) is 0 Å². The van der Waals surface area contributed by atoms with E-state index in [0.717, 1.165) is 24.0 Å². The smallest absolute Gasteiger partial charge is 0.130 e. The summed E-state index contributed by atoms with van der Waals surface area (Å²) < 4.78 is 14.5. The first kappa shape index (κ1) is 17.7. The quantitative estimate of drug-likeness (QED) is 0.495. The van der Waals surface area contributed by atoms with Gasteiger partial charge >= 0.3 is 0 Å². The van der Waals surface area contributed by atoms with Crippen molar-refractivity contribution in [2.75, 3.05) is 0 Å². The van der Waals surface area contributed by atoms with Gasteiger partial charge in [-0.05, 0) is 36.5 Å². The molecule has 0 radical (unpaired) electrons. The minimum absolute atomic E-state index is 0.140. The van der Waals surface area contributed by atoms with E-state index < -0.39 is 0 Å². The fourth-order valence-corrected chi connectivity index (χ4v) is 3.90. The van der Waals surface area contributed by atoms with Crippen LogP contribution in [0.25, 0.3) is 5.57 Å². The molecular formula is C24H27F. The highest BCUT2D eigenvalue weighted by atomic mass is 19.1. The highest BCUT2D eigenvalue weighted by Crippen LogP contribution is 2.46. The van der Waals surface area contributed by atoms with Crippen molar-refractivity contribution < 1.29 is 4.39 Å². The lowest BCUT2D eigenvalue weighted by Gasteiger charge is -2.37. The van der Waals surface area contributed by atoms with Crippen LogP contribution in [0.3, 0.4) is 0 Å². The van der Waals surface area contributed by atoms with Crippen LogP contribution in [0, 0.1) is 5.82 Å². The van der Waals surface area contributed by atoms with Crippen molar-refractivity contribution in [2.24, 2.45) is 0 Å². The molecule has 25 heavy (non-hydrogen) atoms. The summed E-state index contributed by atoms with van der Waals surface area (Å²) in [6.45, 7) is 4.49. The second kappa shape index (κ2) is 7.82. The first-order chi connectivity index (χ1) is 12.1. The molecule has 0 fully saturated rings. The normalized spacial score (nSPS) is 20.1. The van der Waals surface area contributed by atoms with Crippen molar-refractivity contribution >= 4 is 5.57 Å². The largest absolute Gasteiger partial charge is 0.206 e. The second-order valence-corrected chi connectivity index (χ2v) is 7.22. The highest BCUT2D eigenvalue weighted by molar-refractivity contribution is 5.78. The summed E-state index contributed by atoms with van der Waals surface area (Å²) in [5.41, 5.74) is 4.33. The average molecular weight is 334 g/mol. The number of hydrogen-bond acceptors (Lipinski definition) is 0. The van der Waals surface area contributed by atoms with Crippen LogP contribution in [0.2, 0.25) is 0 Å². The second-order valence-electron chi connectivity index (χ2n) is 7.22. The maximum absolute atomic E-state index is 14.5. The highest BCUT2D eigenvalue weighted by Gasteiger charge is 2.35. The van der Waals surface area contributed by atoms with E-state index in [1.54, 1.807) is 12.1 Å². The van der Waals surface area contributed by atoms with E-state index >= 15 is 0 Å². The zero-order chi connectivity index (χ0) is 17.7. The Morgan fingerprint density at radius 2 is 1.64 bits per heavy atom. The lowest BCUT2D eigenvalue weighted by molar-refractivity contribution is 0.564.